The van der Waals surface area contributed by atoms with Crippen LogP contribution in [0, 0.1) is 5.41 Å². The molecule has 1 atom stereocenters. The normalized spacial score (nSPS) is 23.0. The van der Waals surface area contributed by atoms with Crippen molar-refractivity contribution in [2.75, 3.05) is 40.4 Å². The molecule has 9 heteroatoms. The molecule has 29 heavy (non-hydrogen) atoms. The summed E-state index contributed by atoms with van der Waals surface area (Å²) in [6.45, 7) is 3.98. The Hall–Kier alpha value is -2.84. The summed E-state index contributed by atoms with van der Waals surface area (Å²) < 4.78 is 10.4. The Morgan fingerprint density at radius 3 is 2.52 bits per heavy atom. The van der Waals surface area contributed by atoms with Crippen molar-refractivity contribution >= 4 is 17.8 Å². The summed E-state index contributed by atoms with van der Waals surface area (Å²) in [7, 11) is 2.98. The second kappa shape index (κ2) is 7.20. The smallest absolute Gasteiger partial charge is 0.327 e. The number of nitrogens with zero attached hydrogens (tertiary/aromatic N) is 4. The molecule has 9 nitrogen and oxygen atoms in total. The SMILES string of the molecule is CCN1C(=O)C2CC3(CCN(C(=O)c4ccc(OC)nc4OC)CC3)CN2C1=O. The number of urea groups is 1. The number of ether oxygens (including phenoxy) is 2. The number of carbonyl (C=O) groups excluding carboxylic acids is 3. The fraction of sp³-hybridized carbons (Fsp3) is 0.600. The van der Waals surface area contributed by atoms with E-state index in [1.807, 2.05) is 6.92 Å². The summed E-state index contributed by atoms with van der Waals surface area (Å²) in [6.07, 6.45) is 2.22. The predicted octanol–water partition coefficient (Wildman–Crippen LogP) is 1.38. The van der Waals surface area contributed by atoms with Crippen LogP contribution < -0.4 is 9.47 Å². The lowest BCUT2D eigenvalue weighted by Crippen LogP contribution is -2.45. The van der Waals surface area contributed by atoms with Gasteiger partial charge in [0.05, 0.1) is 14.2 Å². The Bertz CT molecular complexity index is 823. The number of aromatic nitrogens is 1. The lowest BCUT2D eigenvalue weighted by Gasteiger charge is -2.39. The van der Waals surface area contributed by atoms with E-state index >= 15 is 0 Å². The van der Waals surface area contributed by atoms with Gasteiger partial charge in [-0.15, -0.1) is 0 Å². The van der Waals surface area contributed by atoms with E-state index in [1.165, 1.54) is 19.1 Å². The fourth-order valence-electron chi connectivity index (χ4n) is 4.77. The minimum absolute atomic E-state index is 0.0816. The average molecular weight is 402 g/mol. The summed E-state index contributed by atoms with van der Waals surface area (Å²) >= 11 is 0. The molecule has 4 rings (SSSR count). The minimum atomic E-state index is -0.337. The van der Waals surface area contributed by atoms with Crippen molar-refractivity contribution in [1.29, 1.82) is 0 Å². The second-order valence-electron chi connectivity index (χ2n) is 7.92. The van der Waals surface area contributed by atoms with Crippen LogP contribution in [0.25, 0.3) is 0 Å². The number of fused-ring (bicyclic) bond motifs is 1. The van der Waals surface area contributed by atoms with Crippen molar-refractivity contribution in [1.82, 2.24) is 19.7 Å². The zero-order valence-corrected chi connectivity index (χ0v) is 17.0. The van der Waals surface area contributed by atoms with Crippen LogP contribution in [-0.4, -0.2) is 84.0 Å². The van der Waals surface area contributed by atoms with Gasteiger partial charge in [0.15, 0.2) is 0 Å². The molecule has 4 heterocycles. The molecule has 3 aliphatic heterocycles. The Morgan fingerprint density at radius 1 is 1.21 bits per heavy atom. The van der Waals surface area contributed by atoms with Gasteiger partial charge in [-0.1, -0.05) is 0 Å². The van der Waals surface area contributed by atoms with Crippen LogP contribution in [0.4, 0.5) is 4.79 Å². The Balaban J connectivity index is 1.44. The molecular weight excluding hydrogens is 376 g/mol. The topological polar surface area (TPSA) is 92.3 Å². The second-order valence-corrected chi connectivity index (χ2v) is 7.92. The first-order chi connectivity index (χ1) is 13.9. The third-order valence-electron chi connectivity index (χ3n) is 6.43. The van der Waals surface area contributed by atoms with Crippen molar-refractivity contribution < 1.29 is 23.9 Å². The molecule has 3 saturated heterocycles. The van der Waals surface area contributed by atoms with Crippen molar-refractivity contribution in [3.63, 3.8) is 0 Å². The number of rotatable bonds is 4. The first-order valence-electron chi connectivity index (χ1n) is 9.93. The largest absolute Gasteiger partial charge is 0.481 e. The van der Waals surface area contributed by atoms with Crippen LogP contribution in [-0.2, 0) is 4.79 Å². The number of pyridine rings is 1. The highest BCUT2D eigenvalue weighted by molar-refractivity contribution is 6.04. The standard InChI is InChI=1S/C20H26N4O5/c1-4-23-18(26)14-11-20(12-24(14)19(23)27)7-9-22(10-8-20)17(25)13-5-6-15(28-2)21-16(13)29-3/h5-6,14H,4,7-12H2,1-3H3. The van der Waals surface area contributed by atoms with Gasteiger partial charge in [0.25, 0.3) is 11.8 Å². The van der Waals surface area contributed by atoms with E-state index in [0.717, 1.165) is 12.8 Å². The zero-order valence-electron chi connectivity index (χ0n) is 17.0. The zero-order chi connectivity index (χ0) is 20.8. The summed E-state index contributed by atoms with van der Waals surface area (Å²) in [4.78, 5) is 47.0. The Labute approximate surface area is 169 Å². The molecule has 1 spiro atoms. The van der Waals surface area contributed by atoms with E-state index in [0.29, 0.717) is 44.0 Å². The first kappa shape index (κ1) is 19.5. The highest BCUT2D eigenvalue weighted by Gasteiger charge is 2.56. The van der Waals surface area contributed by atoms with E-state index in [-0.39, 0.29) is 35.2 Å². The molecule has 1 unspecified atom stereocenters. The number of imide groups is 1. The van der Waals surface area contributed by atoms with E-state index in [1.54, 1.807) is 21.9 Å². The summed E-state index contributed by atoms with van der Waals surface area (Å²) in [5.41, 5.74) is 0.315. The molecule has 4 amide bonds. The molecule has 0 saturated carbocycles. The van der Waals surface area contributed by atoms with Gasteiger partial charge in [0.2, 0.25) is 11.8 Å². The maximum atomic E-state index is 13.0. The maximum absolute atomic E-state index is 13.0. The third-order valence-corrected chi connectivity index (χ3v) is 6.43. The molecular formula is C20H26N4O5. The molecule has 0 radical (unpaired) electrons. The van der Waals surface area contributed by atoms with Crippen LogP contribution >= 0.6 is 0 Å². The van der Waals surface area contributed by atoms with Gasteiger partial charge >= 0.3 is 6.03 Å². The molecule has 0 bridgehead atoms. The molecule has 0 aliphatic carbocycles. The summed E-state index contributed by atoms with van der Waals surface area (Å²) in [5, 5.41) is 0. The lowest BCUT2D eigenvalue weighted by molar-refractivity contribution is -0.128. The highest BCUT2D eigenvalue weighted by Crippen LogP contribution is 2.46. The number of hydrogen-bond acceptors (Lipinski definition) is 6. The number of likely N-dealkylation sites (tertiary alicyclic amines) is 1. The first-order valence-corrected chi connectivity index (χ1v) is 9.93. The number of carbonyl (C=O) groups is 3. The van der Waals surface area contributed by atoms with Crippen LogP contribution in [0.5, 0.6) is 11.8 Å². The van der Waals surface area contributed by atoms with E-state index in [9.17, 15) is 14.4 Å². The van der Waals surface area contributed by atoms with Crippen molar-refractivity contribution in [2.45, 2.75) is 32.2 Å². The molecule has 3 fully saturated rings. The summed E-state index contributed by atoms with van der Waals surface area (Å²) in [6, 6.07) is 2.80. The number of hydrogen-bond donors (Lipinski definition) is 0. The number of likely N-dealkylation sites (N-methyl/N-ethyl adjacent to an activating group) is 1. The molecule has 156 valence electrons. The predicted molar refractivity (Wildman–Crippen MR) is 103 cm³/mol. The van der Waals surface area contributed by atoms with Crippen LogP contribution in [0.1, 0.15) is 36.5 Å². The van der Waals surface area contributed by atoms with Gasteiger partial charge in [0, 0.05) is 32.2 Å². The highest BCUT2D eigenvalue weighted by atomic mass is 16.5. The van der Waals surface area contributed by atoms with E-state index in [4.69, 9.17) is 9.47 Å². The van der Waals surface area contributed by atoms with Crippen molar-refractivity contribution in [3.05, 3.63) is 17.7 Å². The Kier molecular flexibility index (Phi) is 4.84. The monoisotopic (exact) mass is 402 g/mol. The van der Waals surface area contributed by atoms with Gasteiger partial charge in [-0.3, -0.25) is 14.5 Å². The molecule has 3 aliphatic rings. The lowest BCUT2D eigenvalue weighted by atomic mass is 9.76. The number of methoxy groups -OCH3 is 2. The fourth-order valence-corrected chi connectivity index (χ4v) is 4.77. The number of piperidine rings is 1. The van der Waals surface area contributed by atoms with Crippen molar-refractivity contribution in [2.24, 2.45) is 5.41 Å². The van der Waals surface area contributed by atoms with Gasteiger partial charge in [-0.05, 0) is 37.7 Å². The quantitative estimate of drug-likeness (QED) is 0.707. The van der Waals surface area contributed by atoms with Crippen molar-refractivity contribution in [3.8, 4) is 11.8 Å². The average Bonchev–Trinajstić information content (AvgIpc) is 3.21. The number of amides is 4. The third kappa shape index (κ3) is 3.08. The van der Waals surface area contributed by atoms with E-state index < -0.39 is 0 Å². The van der Waals surface area contributed by atoms with Gasteiger partial charge in [-0.2, -0.15) is 4.98 Å². The van der Waals surface area contributed by atoms with Crippen LogP contribution in [0.2, 0.25) is 0 Å². The van der Waals surface area contributed by atoms with Crippen LogP contribution in [0.3, 0.4) is 0 Å². The maximum Gasteiger partial charge on any atom is 0.327 e. The van der Waals surface area contributed by atoms with Gasteiger partial charge in [-0.25, -0.2) is 4.79 Å². The molecule has 1 aromatic heterocycles. The van der Waals surface area contributed by atoms with Gasteiger partial charge in [0.1, 0.15) is 11.6 Å². The minimum Gasteiger partial charge on any atom is -0.481 e. The summed E-state index contributed by atoms with van der Waals surface area (Å²) in [5.74, 6) is 0.418. The van der Waals surface area contributed by atoms with Gasteiger partial charge < -0.3 is 19.3 Å². The molecule has 1 aromatic rings. The Morgan fingerprint density at radius 2 is 1.93 bits per heavy atom. The molecule has 0 aromatic carbocycles. The van der Waals surface area contributed by atoms with Crippen LogP contribution in [0.15, 0.2) is 12.1 Å². The molecule has 0 N–H and O–H groups in total. The van der Waals surface area contributed by atoms with E-state index in [2.05, 4.69) is 4.98 Å².